The lowest BCUT2D eigenvalue weighted by atomic mass is 10.00. The summed E-state index contributed by atoms with van der Waals surface area (Å²) in [5.74, 6) is -6.02. The molecule has 1 aromatic heterocycles. The fourth-order valence-corrected chi connectivity index (χ4v) is 6.80. The molecule has 3 N–H and O–H groups in total. The van der Waals surface area contributed by atoms with Crippen LogP contribution >= 0.6 is 11.3 Å². The summed E-state index contributed by atoms with van der Waals surface area (Å²) >= 11 is 1.16. The second kappa shape index (κ2) is 12.5. The molecule has 5 rings (SSSR count). The summed E-state index contributed by atoms with van der Waals surface area (Å²) in [7, 11) is -4.37. The molecular formula is C26H26F6N4O4S2. The summed E-state index contributed by atoms with van der Waals surface area (Å²) in [4.78, 5) is 14.3. The van der Waals surface area contributed by atoms with Crippen LogP contribution in [0.5, 0.6) is 0 Å². The molecule has 0 radical (unpaired) electrons. The van der Waals surface area contributed by atoms with Crippen LogP contribution in [0.1, 0.15) is 42.4 Å². The first-order valence-electron chi connectivity index (χ1n) is 12.6. The quantitative estimate of drug-likeness (QED) is 0.259. The van der Waals surface area contributed by atoms with Gasteiger partial charge in [0.05, 0.1) is 11.2 Å². The molecule has 2 aromatic carbocycles. The number of carboxylic acids is 1. The van der Waals surface area contributed by atoms with Crippen LogP contribution in [0.3, 0.4) is 0 Å². The number of carbonyl (C=O) groups is 1. The van der Waals surface area contributed by atoms with Crippen molar-refractivity contribution in [2.24, 2.45) is 0 Å². The Morgan fingerprint density at radius 1 is 1.05 bits per heavy atom. The number of hydrogen-bond donors (Lipinski definition) is 3. The number of carboxylic acid groups (broad SMARTS) is 1. The molecule has 3 heterocycles. The number of alkyl halides is 3. The average Bonchev–Trinajstić information content (AvgIpc) is 3.66. The Kier molecular flexibility index (Phi) is 9.37. The van der Waals surface area contributed by atoms with Gasteiger partial charge in [-0.1, -0.05) is 6.07 Å². The molecule has 0 saturated carbocycles. The number of benzene rings is 2. The van der Waals surface area contributed by atoms with Gasteiger partial charge in [-0.05, 0) is 61.9 Å². The van der Waals surface area contributed by atoms with Crippen LogP contribution in [0, 0.1) is 24.4 Å². The fraction of sp³-hybridized carbons (Fsp3) is 0.385. The van der Waals surface area contributed by atoms with Crippen LogP contribution in [-0.4, -0.2) is 47.6 Å². The van der Waals surface area contributed by atoms with Gasteiger partial charge in [0.25, 0.3) is 10.0 Å². The first-order valence-corrected chi connectivity index (χ1v) is 15.1. The van der Waals surface area contributed by atoms with E-state index >= 15 is 0 Å². The average molecular weight is 637 g/mol. The zero-order valence-electron chi connectivity index (χ0n) is 22.0. The highest BCUT2D eigenvalue weighted by Crippen LogP contribution is 2.39. The van der Waals surface area contributed by atoms with Gasteiger partial charge in [0, 0.05) is 36.1 Å². The molecule has 2 aliphatic heterocycles. The van der Waals surface area contributed by atoms with Crippen LogP contribution in [0.25, 0.3) is 0 Å². The minimum atomic E-state index is -5.08. The van der Waals surface area contributed by atoms with E-state index in [1.807, 2.05) is 6.92 Å². The molecular weight excluding hydrogens is 610 g/mol. The van der Waals surface area contributed by atoms with Gasteiger partial charge >= 0.3 is 12.1 Å². The van der Waals surface area contributed by atoms with Gasteiger partial charge in [0.1, 0.15) is 10.7 Å². The molecule has 8 nitrogen and oxygen atoms in total. The predicted molar refractivity (Wildman–Crippen MR) is 143 cm³/mol. The van der Waals surface area contributed by atoms with E-state index in [0.29, 0.717) is 24.2 Å². The van der Waals surface area contributed by atoms with Gasteiger partial charge in [-0.15, -0.1) is 11.3 Å². The topological polar surface area (TPSA) is 112 Å². The second-order valence-corrected chi connectivity index (χ2v) is 12.2. The number of fused-ring (bicyclic) bond motifs is 2. The Bertz CT molecular complexity index is 1530. The molecule has 16 heteroatoms. The van der Waals surface area contributed by atoms with Crippen molar-refractivity contribution in [2.45, 2.75) is 68.9 Å². The third-order valence-corrected chi connectivity index (χ3v) is 9.22. The molecule has 0 atom stereocenters. The van der Waals surface area contributed by atoms with Gasteiger partial charge in [-0.3, -0.25) is 9.62 Å². The Labute approximate surface area is 241 Å². The van der Waals surface area contributed by atoms with Gasteiger partial charge in [0.15, 0.2) is 17.5 Å². The predicted octanol–water partition coefficient (Wildman–Crippen LogP) is 6.04. The van der Waals surface area contributed by atoms with Gasteiger partial charge in [-0.25, -0.2) is 31.4 Å². The van der Waals surface area contributed by atoms with Crippen molar-refractivity contribution in [2.75, 3.05) is 10.0 Å². The van der Waals surface area contributed by atoms with Crippen LogP contribution < -0.4 is 10.0 Å². The molecule has 2 aliphatic rings. The number of aryl methyl sites for hydroxylation is 1. The Hall–Kier alpha value is -3.37. The lowest BCUT2D eigenvalue weighted by molar-refractivity contribution is -0.192. The maximum atomic E-state index is 14.9. The van der Waals surface area contributed by atoms with Crippen LogP contribution in [0.2, 0.25) is 0 Å². The van der Waals surface area contributed by atoms with Crippen LogP contribution in [0.4, 0.5) is 37.8 Å². The van der Waals surface area contributed by atoms with E-state index in [2.05, 4.69) is 19.9 Å². The highest BCUT2D eigenvalue weighted by molar-refractivity contribution is 7.92. The number of rotatable bonds is 8. The Balaban J connectivity index is 0.000000517. The number of halogens is 6. The molecule has 2 saturated heterocycles. The minimum absolute atomic E-state index is 0.0194. The largest absolute Gasteiger partial charge is 0.490 e. The van der Waals surface area contributed by atoms with E-state index in [1.54, 1.807) is 6.07 Å². The lowest BCUT2D eigenvalue weighted by Crippen LogP contribution is -2.29. The third kappa shape index (κ3) is 6.98. The number of sulfonamides is 1. The van der Waals surface area contributed by atoms with Gasteiger partial charge < -0.3 is 10.4 Å². The maximum absolute atomic E-state index is 14.9. The number of nitrogens with zero attached hydrogens (tertiary/aromatic N) is 2. The number of thiazole rings is 1. The molecule has 0 spiro atoms. The molecule has 2 fully saturated rings. The zero-order chi connectivity index (χ0) is 30.8. The highest BCUT2D eigenvalue weighted by Gasteiger charge is 2.40. The standard InChI is InChI=1S/C24H25F3N4O2S2.C2HF3O2/c1-14-2-7-19(25)17(18(14)11-31-15-3-4-16(31)6-5-15)10-28-20-8-9-21(24(27)23(20)26)35(32,33)30-22-12-34-13-29-22;3-2(4,5)1(6)7/h2,7-9,12-13,15-16,28,30H,3-6,10-11H2,1H3;(H,6,7). The van der Waals surface area contributed by atoms with Crippen molar-refractivity contribution in [3.8, 4) is 0 Å². The van der Waals surface area contributed by atoms with E-state index in [9.17, 15) is 34.8 Å². The molecule has 0 unspecified atom stereocenters. The zero-order valence-corrected chi connectivity index (χ0v) is 23.6. The summed E-state index contributed by atoms with van der Waals surface area (Å²) in [5, 5.41) is 11.3. The van der Waals surface area contributed by atoms with E-state index in [-0.39, 0.29) is 18.1 Å². The van der Waals surface area contributed by atoms with E-state index in [0.717, 1.165) is 60.3 Å². The molecule has 228 valence electrons. The summed E-state index contributed by atoms with van der Waals surface area (Å²) in [5.41, 5.74) is 3.36. The van der Waals surface area contributed by atoms with E-state index < -0.39 is 44.5 Å². The number of hydrogen-bond acceptors (Lipinski definition) is 7. The maximum Gasteiger partial charge on any atom is 0.490 e. The van der Waals surface area contributed by atoms with Crippen LogP contribution in [0.15, 0.2) is 40.1 Å². The van der Waals surface area contributed by atoms with Crippen molar-refractivity contribution in [1.29, 1.82) is 0 Å². The van der Waals surface area contributed by atoms with Crippen LogP contribution in [-0.2, 0) is 27.9 Å². The smallest absolute Gasteiger partial charge is 0.475 e. The van der Waals surface area contributed by atoms with Gasteiger partial charge in [0.2, 0.25) is 0 Å². The number of aliphatic carboxylic acids is 1. The number of aromatic nitrogens is 1. The fourth-order valence-electron chi connectivity index (χ4n) is 5.17. The monoisotopic (exact) mass is 636 g/mol. The minimum Gasteiger partial charge on any atom is -0.475 e. The van der Waals surface area contributed by atoms with E-state index in [4.69, 9.17) is 9.90 Å². The first-order chi connectivity index (χ1) is 19.7. The third-order valence-electron chi connectivity index (χ3n) is 7.26. The second-order valence-electron chi connectivity index (χ2n) is 9.83. The Morgan fingerprint density at radius 3 is 2.21 bits per heavy atom. The lowest BCUT2D eigenvalue weighted by Gasteiger charge is -2.25. The summed E-state index contributed by atoms with van der Waals surface area (Å²) in [6.45, 7) is 2.48. The summed E-state index contributed by atoms with van der Waals surface area (Å²) in [6, 6.07) is 6.27. The molecule has 3 aromatic rings. The van der Waals surface area contributed by atoms with Crippen molar-refractivity contribution in [3.05, 3.63) is 69.3 Å². The summed E-state index contributed by atoms with van der Waals surface area (Å²) in [6.07, 6.45) is -0.458. The molecule has 0 amide bonds. The van der Waals surface area contributed by atoms with E-state index in [1.165, 1.54) is 17.0 Å². The molecule has 42 heavy (non-hydrogen) atoms. The van der Waals surface area contributed by atoms with Crippen molar-refractivity contribution in [1.82, 2.24) is 9.88 Å². The first kappa shape index (κ1) is 31.6. The van der Waals surface area contributed by atoms with Crippen molar-refractivity contribution < 1.29 is 44.7 Å². The SMILES string of the molecule is Cc1ccc(F)c(CNc2ccc(S(=O)(=O)Nc3cscn3)c(F)c2F)c1CN1C2CCC1CC2.O=C(O)C(F)(F)F. The molecule has 0 aliphatic carbocycles. The van der Waals surface area contributed by atoms with Crippen molar-refractivity contribution in [3.63, 3.8) is 0 Å². The highest BCUT2D eigenvalue weighted by atomic mass is 32.2. The van der Waals surface area contributed by atoms with Gasteiger partial charge in [-0.2, -0.15) is 13.2 Å². The number of anilines is 2. The van der Waals surface area contributed by atoms with Crippen molar-refractivity contribution >= 4 is 38.8 Å². The molecule has 2 bridgehead atoms. The summed E-state index contributed by atoms with van der Waals surface area (Å²) < 4.78 is 103. The number of nitrogens with one attached hydrogen (secondary N) is 2. The Morgan fingerprint density at radius 2 is 1.67 bits per heavy atom. The normalized spacial score (nSPS) is 18.5.